The van der Waals surface area contributed by atoms with E-state index in [1.165, 1.54) is 0 Å². The van der Waals surface area contributed by atoms with Crippen molar-refractivity contribution in [3.8, 4) is 0 Å². The average molecular weight is 389 g/mol. The molecule has 1 aromatic carbocycles. The second kappa shape index (κ2) is 7.06. The van der Waals surface area contributed by atoms with E-state index in [1.54, 1.807) is 0 Å². The molecule has 0 fully saturated rings. The zero-order chi connectivity index (χ0) is 14.5. The number of carbonyl (C=O) groups is 1. The zero-order valence-corrected chi connectivity index (χ0v) is 12.0. The third-order valence-corrected chi connectivity index (χ3v) is 3.14. The number of nitrogens with one attached hydrogen (secondary N) is 1. The van der Waals surface area contributed by atoms with Gasteiger partial charge < -0.3 is 5.32 Å². The molecule has 1 N–H and O–H groups in total. The van der Waals surface area contributed by atoms with E-state index in [4.69, 9.17) is 0 Å². The Morgan fingerprint density at radius 1 is 1.26 bits per heavy atom. The van der Waals surface area contributed by atoms with Gasteiger partial charge in [-0.25, -0.2) is 4.39 Å². The largest absolute Gasteiger partial charge is 0.419 e. The molecule has 0 atom stereocenters. The molecule has 1 aromatic rings. The van der Waals surface area contributed by atoms with Gasteiger partial charge in [0, 0.05) is 12.1 Å². The number of hydrogen-bond donors (Lipinski definition) is 1. The molecule has 0 aliphatic carbocycles. The predicted octanol–water partition coefficient (Wildman–Crippen LogP) is 3.79. The fourth-order valence-electron chi connectivity index (χ4n) is 1.41. The van der Waals surface area contributed by atoms with Crippen LogP contribution in [0.1, 0.15) is 28.8 Å². The molecule has 0 aliphatic heterocycles. The van der Waals surface area contributed by atoms with Crippen molar-refractivity contribution in [2.45, 2.75) is 19.0 Å². The van der Waals surface area contributed by atoms with Crippen molar-refractivity contribution in [1.29, 1.82) is 0 Å². The number of unbranched alkanes of at least 4 members (excludes halogenated alkanes) is 1. The Bertz CT molecular complexity index is 448. The quantitative estimate of drug-likeness (QED) is 0.353. The van der Waals surface area contributed by atoms with E-state index in [9.17, 15) is 22.4 Å². The van der Waals surface area contributed by atoms with Crippen molar-refractivity contribution in [2.75, 3.05) is 11.0 Å². The highest BCUT2D eigenvalue weighted by molar-refractivity contribution is 14.1. The molecule has 19 heavy (non-hydrogen) atoms. The molecular weight excluding hydrogens is 377 g/mol. The molecule has 2 nitrogen and oxygen atoms in total. The summed E-state index contributed by atoms with van der Waals surface area (Å²) >= 11 is 2.19. The van der Waals surface area contributed by atoms with Crippen LogP contribution in [0.4, 0.5) is 17.6 Å². The minimum absolute atomic E-state index is 0.191. The number of carbonyl (C=O) groups excluding carboxylic acids is 1. The van der Waals surface area contributed by atoms with Gasteiger partial charge in [-0.05, 0) is 35.5 Å². The Labute approximate surface area is 121 Å². The Balaban J connectivity index is 2.76. The van der Waals surface area contributed by atoms with Crippen molar-refractivity contribution in [3.05, 3.63) is 35.1 Å². The van der Waals surface area contributed by atoms with E-state index in [-0.39, 0.29) is 5.56 Å². The maximum atomic E-state index is 13.0. The van der Waals surface area contributed by atoms with Crippen LogP contribution in [0.3, 0.4) is 0 Å². The van der Waals surface area contributed by atoms with Crippen LogP contribution >= 0.6 is 22.6 Å². The molecule has 0 aliphatic rings. The Morgan fingerprint density at radius 3 is 2.53 bits per heavy atom. The molecule has 0 bridgehead atoms. The molecule has 0 saturated heterocycles. The van der Waals surface area contributed by atoms with Crippen molar-refractivity contribution in [3.63, 3.8) is 0 Å². The fraction of sp³-hybridized carbons (Fsp3) is 0.417. The van der Waals surface area contributed by atoms with E-state index in [2.05, 4.69) is 27.9 Å². The van der Waals surface area contributed by atoms with E-state index in [1.807, 2.05) is 0 Å². The topological polar surface area (TPSA) is 29.1 Å². The summed E-state index contributed by atoms with van der Waals surface area (Å²) in [6.45, 7) is 0.389. The average Bonchev–Trinajstić information content (AvgIpc) is 2.33. The number of alkyl halides is 4. The van der Waals surface area contributed by atoms with Crippen LogP contribution in [0.2, 0.25) is 0 Å². The lowest BCUT2D eigenvalue weighted by Gasteiger charge is -2.10. The number of benzene rings is 1. The lowest BCUT2D eigenvalue weighted by molar-refractivity contribution is -0.140. The summed E-state index contributed by atoms with van der Waals surface area (Å²) in [6, 6.07) is 2.23. The highest BCUT2D eigenvalue weighted by Crippen LogP contribution is 2.31. The summed E-state index contributed by atoms with van der Waals surface area (Å²) in [7, 11) is 0. The molecule has 0 heterocycles. The monoisotopic (exact) mass is 389 g/mol. The minimum atomic E-state index is -4.80. The first-order chi connectivity index (χ1) is 8.86. The highest BCUT2D eigenvalue weighted by Gasteiger charge is 2.34. The van der Waals surface area contributed by atoms with Crippen LogP contribution in [-0.4, -0.2) is 16.9 Å². The Hall–Kier alpha value is -0.860. The molecule has 0 saturated carbocycles. The first kappa shape index (κ1) is 16.2. The number of hydrogen-bond acceptors (Lipinski definition) is 1. The third kappa shape index (κ3) is 4.96. The third-order valence-electron chi connectivity index (χ3n) is 2.38. The van der Waals surface area contributed by atoms with Crippen molar-refractivity contribution < 1.29 is 22.4 Å². The van der Waals surface area contributed by atoms with Crippen LogP contribution in [0, 0.1) is 5.82 Å². The SMILES string of the molecule is O=C(NCCCCI)c1ccc(F)c(C(F)(F)F)c1. The molecule has 7 heteroatoms. The van der Waals surface area contributed by atoms with Gasteiger partial charge in [0.15, 0.2) is 0 Å². The normalized spacial score (nSPS) is 11.4. The Morgan fingerprint density at radius 2 is 1.95 bits per heavy atom. The summed E-state index contributed by atoms with van der Waals surface area (Å²) < 4.78 is 51.4. The molecule has 1 amide bonds. The van der Waals surface area contributed by atoms with Crippen LogP contribution in [0.5, 0.6) is 0 Å². The van der Waals surface area contributed by atoms with Gasteiger partial charge in [-0.2, -0.15) is 13.2 Å². The van der Waals surface area contributed by atoms with E-state index in [0.717, 1.165) is 23.3 Å². The summed E-state index contributed by atoms with van der Waals surface area (Å²) in [5, 5.41) is 2.50. The molecule has 0 spiro atoms. The van der Waals surface area contributed by atoms with Gasteiger partial charge >= 0.3 is 6.18 Å². The second-order valence-corrected chi connectivity index (χ2v) is 4.92. The Kier molecular flexibility index (Phi) is 6.02. The maximum absolute atomic E-state index is 13.0. The van der Waals surface area contributed by atoms with Crippen LogP contribution in [0.15, 0.2) is 18.2 Å². The standard InChI is InChI=1S/C12H12F4INO/c13-10-4-3-8(7-9(10)12(14,15)16)11(19)18-6-2-1-5-17/h3-4,7H,1-2,5-6H2,(H,18,19). The maximum Gasteiger partial charge on any atom is 0.419 e. The smallest absolute Gasteiger partial charge is 0.352 e. The van der Waals surface area contributed by atoms with Crippen molar-refractivity contribution in [2.24, 2.45) is 0 Å². The van der Waals surface area contributed by atoms with Gasteiger partial charge in [-0.3, -0.25) is 4.79 Å². The summed E-state index contributed by atoms with van der Waals surface area (Å²) in [4.78, 5) is 11.6. The molecule has 106 valence electrons. The van der Waals surface area contributed by atoms with Gasteiger partial charge in [0.05, 0.1) is 5.56 Å². The lowest BCUT2D eigenvalue weighted by atomic mass is 10.1. The number of rotatable bonds is 5. The van der Waals surface area contributed by atoms with Gasteiger partial charge in [0.25, 0.3) is 5.91 Å². The first-order valence-electron chi connectivity index (χ1n) is 5.57. The van der Waals surface area contributed by atoms with E-state index in [0.29, 0.717) is 18.7 Å². The van der Waals surface area contributed by atoms with Gasteiger partial charge in [0.2, 0.25) is 0 Å². The predicted molar refractivity (Wildman–Crippen MR) is 71.9 cm³/mol. The van der Waals surface area contributed by atoms with Gasteiger partial charge in [0.1, 0.15) is 5.82 Å². The van der Waals surface area contributed by atoms with Crippen LogP contribution in [-0.2, 0) is 6.18 Å². The zero-order valence-electron chi connectivity index (χ0n) is 9.86. The molecule has 0 unspecified atom stereocenters. The summed E-state index contributed by atoms with van der Waals surface area (Å²) in [5.41, 5.74) is -1.62. The van der Waals surface area contributed by atoms with Crippen molar-refractivity contribution >= 4 is 28.5 Å². The summed E-state index contributed by atoms with van der Waals surface area (Å²) in [5.74, 6) is -2.01. The molecule has 0 aromatic heterocycles. The first-order valence-corrected chi connectivity index (χ1v) is 7.09. The molecular formula is C12H12F4INO. The molecule has 0 radical (unpaired) electrons. The van der Waals surface area contributed by atoms with E-state index < -0.39 is 23.5 Å². The summed E-state index contributed by atoms with van der Waals surface area (Å²) in [6.07, 6.45) is -3.14. The number of amides is 1. The highest BCUT2D eigenvalue weighted by atomic mass is 127. The van der Waals surface area contributed by atoms with Gasteiger partial charge in [-0.15, -0.1) is 0 Å². The lowest BCUT2D eigenvalue weighted by Crippen LogP contribution is -2.25. The van der Waals surface area contributed by atoms with Gasteiger partial charge in [-0.1, -0.05) is 22.6 Å². The fourth-order valence-corrected chi connectivity index (χ4v) is 1.95. The van der Waals surface area contributed by atoms with E-state index >= 15 is 0 Å². The van der Waals surface area contributed by atoms with Crippen LogP contribution < -0.4 is 5.32 Å². The second-order valence-electron chi connectivity index (χ2n) is 3.84. The number of halogens is 5. The van der Waals surface area contributed by atoms with Crippen molar-refractivity contribution in [1.82, 2.24) is 5.32 Å². The minimum Gasteiger partial charge on any atom is -0.352 e. The molecule has 1 rings (SSSR count). The van der Waals surface area contributed by atoms with Crippen LogP contribution in [0.25, 0.3) is 0 Å².